The van der Waals surface area contributed by atoms with Crippen LogP contribution in [0.25, 0.3) is 11.0 Å². The van der Waals surface area contributed by atoms with E-state index in [0.717, 1.165) is 40.4 Å². The summed E-state index contributed by atoms with van der Waals surface area (Å²) in [6.07, 6.45) is 0. The molecule has 0 saturated heterocycles. The number of ether oxygens (including phenoxy) is 1. The predicted molar refractivity (Wildman–Crippen MR) is 81.3 cm³/mol. The zero-order valence-corrected chi connectivity index (χ0v) is 12.5. The minimum Gasteiger partial charge on any atom is -0.470 e. The van der Waals surface area contributed by atoms with Crippen molar-refractivity contribution in [3.05, 3.63) is 47.3 Å². The van der Waals surface area contributed by atoms with E-state index >= 15 is 0 Å². The van der Waals surface area contributed by atoms with Crippen LogP contribution < -0.4 is 10.1 Å². The third-order valence-corrected chi connectivity index (χ3v) is 3.45. The van der Waals surface area contributed by atoms with E-state index in [1.54, 1.807) is 4.68 Å². The van der Waals surface area contributed by atoms with Gasteiger partial charge >= 0.3 is 0 Å². The van der Waals surface area contributed by atoms with Gasteiger partial charge < -0.3 is 14.5 Å². The van der Waals surface area contributed by atoms with Crippen LogP contribution >= 0.6 is 0 Å². The Kier molecular flexibility index (Phi) is 3.66. The van der Waals surface area contributed by atoms with Crippen molar-refractivity contribution in [1.82, 2.24) is 15.1 Å². The average Bonchev–Trinajstić information content (AvgIpc) is 2.97. The summed E-state index contributed by atoms with van der Waals surface area (Å²) in [6, 6.07) is 9.96. The van der Waals surface area contributed by atoms with Crippen molar-refractivity contribution in [2.45, 2.75) is 20.1 Å². The van der Waals surface area contributed by atoms with E-state index in [-0.39, 0.29) is 0 Å². The highest BCUT2D eigenvalue weighted by Crippen LogP contribution is 2.27. The normalized spacial score (nSPS) is 11.2. The summed E-state index contributed by atoms with van der Waals surface area (Å²) < 4.78 is 13.5. The van der Waals surface area contributed by atoms with Crippen molar-refractivity contribution >= 4 is 11.0 Å². The SMILES string of the molecule is CNCc1c(COc2cc(C)nn2C)oc2ccccc12. The zero-order chi connectivity index (χ0) is 14.8. The first kappa shape index (κ1) is 13.7. The first-order valence-corrected chi connectivity index (χ1v) is 6.96. The molecule has 2 aromatic heterocycles. The van der Waals surface area contributed by atoms with Crippen LogP contribution in [-0.2, 0) is 20.2 Å². The first-order valence-electron chi connectivity index (χ1n) is 6.96. The molecular formula is C16H19N3O2. The van der Waals surface area contributed by atoms with Crippen LogP contribution in [0.4, 0.5) is 0 Å². The van der Waals surface area contributed by atoms with Crippen LogP contribution in [0.3, 0.4) is 0 Å². The highest BCUT2D eigenvalue weighted by Gasteiger charge is 2.14. The number of fused-ring (bicyclic) bond motifs is 1. The van der Waals surface area contributed by atoms with Gasteiger partial charge in [-0.05, 0) is 20.0 Å². The Morgan fingerprint density at radius 1 is 1.33 bits per heavy atom. The summed E-state index contributed by atoms with van der Waals surface area (Å²) in [7, 11) is 3.80. The van der Waals surface area contributed by atoms with Crippen LogP contribution in [-0.4, -0.2) is 16.8 Å². The number of benzene rings is 1. The Balaban J connectivity index is 1.89. The molecule has 5 heteroatoms. The molecule has 0 atom stereocenters. The lowest BCUT2D eigenvalue weighted by Crippen LogP contribution is -2.08. The Morgan fingerprint density at radius 3 is 2.86 bits per heavy atom. The predicted octanol–water partition coefficient (Wildman–Crippen LogP) is 2.77. The smallest absolute Gasteiger partial charge is 0.212 e. The lowest BCUT2D eigenvalue weighted by Gasteiger charge is -2.06. The largest absolute Gasteiger partial charge is 0.470 e. The third kappa shape index (κ3) is 2.64. The fourth-order valence-electron chi connectivity index (χ4n) is 2.50. The molecule has 0 spiro atoms. The minimum absolute atomic E-state index is 0.394. The summed E-state index contributed by atoms with van der Waals surface area (Å²) in [6.45, 7) is 3.09. The second-order valence-corrected chi connectivity index (χ2v) is 5.07. The topological polar surface area (TPSA) is 52.2 Å². The summed E-state index contributed by atoms with van der Waals surface area (Å²) in [4.78, 5) is 0. The van der Waals surface area contributed by atoms with Crippen LogP contribution in [0.2, 0.25) is 0 Å². The number of aromatic nitrogens is 2. The maximum atomic E-state index is 5.93. The van der Waals surface area contributed by atoms with Gasteiger partial charge in [0.25, 0.3) is 0 Å². The highest BCUT2D eigenvalue weighted by molar-refractivity contribution is 5.82. The molecule has 0 aliphatic heterocycles. The van der Waals surface area contributed by atoms with Crippen LogP contribution in [0, 0.1) is 6.92 Å². The quantitative estimate of drug-likeness (QED) is 0.783. The van der Waals surface area contributed by atoms with Gasteiger partial charge in [0.05, 0.1) is 5.69 Å². The molecule has 110 valence electrons. The standard InChI is InChI=1S/C16H19N3O2/c1-11-8-16(19(3)18-11)20-10-15-13(9-17-2)12-6-4-5-7-14(12)21-15/h4-8,17H,9-10H2,1-3H3. The van der Waals surface area contributed by atoms with Gasteiger partial charge in [0.1, 0.15) is 18.0 Å². The second-order valence-electron chi connectivity index (χ2n) is 5.07. The molecule has 5 nitrogen and oxygen atoms in total. The van der Waals surface area contributed by atoms with Crippen molar-refractivity contribution in [3.63, 3.8) is 0 Å². The second kappa shape index (κ2) is 5.61. The molecule has 0 saturated carbocycles. The molecule has 0 unspecified atom stereocenters. The fraction of sp³-hybridized carbons (Fsp3) is 0.312. The van der Waals surface area contributed by atoms with Gasteiger partial charge in [0, 0.05) is 30.6 Å². The van der Waals surface area contributed by atoms with Gasteiger partial charge in [0.2, 0.25) is 5.88 Å². The maximum absolute atomic E-state index is 5.93. The van der Waals surface area contributed by atoms with Gasteiger partial charge in [-0.2, -0.15) is 5.10 Å². The van der Waals surface area contributed by atoms with Crippen LogP contribution in [0.5, 0.6) is 5.88 Å². The third-order valence-electron chi connectivity index (χ3n) is 3.45. The summed E-state index contributed by atoms with van der Waals surface area (Å²) in [5.74, 6) is 1.59. The molecule has 1 aromatic carbocycles. The number of hydrogen-bond acceptors (Lipinski definition) is 4. The number of rotatable bonds is 5. The molecule has 0 aliphatic rings. The molecule has 3 rings (SSSR count). The van der Waals surface area contributed by atoms with E-state index in [1.807, 2.05) is 45.3 Å². The van der Waals surface area contributed by atoms with E-state index in [9.17, 15) is 0 Å². The van der Waals surface area contributed by atoms with Crippen molar-refractivity contribution in [2.24, 2.45) is 7.05 Å². The number of nitrogens with one attached hydrogen (secondary N) is 1. The Morgan fingerprint density at radius 2 is 2.14 bits per heavy atom. The molecule has 0 fully saturated rings. The Bertz CT molecular complexity index is 758. The Hall–Kier alpha value is -2.27. The number of aryl methyl sites for hydroxylation is 2. The lowest BCUT2D eigenvalue weighted by molar-refractivity contribution is 0.250. The lowest BCUT2D eigenvalue weighted by atomic mass is 10.1. The van der Waals surface area contributed by atoms with E-state index < -0.39 is 0 Å². The van der Waals surface area contributed by atoms with Gasteiger partial charge in [-0.1, -0.05) is 18.2 Å². The van der Waals surface area contributed by atoms with Gasteiger partial charge in [-0.25, -0.2) is 4.68 Å². The van der Waals surface area contributed by atoms with Crippen LogP contribution in [0.15, 0.2) is 34.7 Å². The summed E-state index contributed by atoms with van der Waals surface area (Å²) in [5, 5.41) is 8.59. The highest BCUT2D eigenvalue weighted by atomic mass is 16.5. The van der Waals surface area contributed by atoms with Crippen molar-refractivity contribution < 1.29 is 9.15 Å². The van der Waals surface area contributed by atoms with Gasteiger partial charge in [-0.15, -0.1) is 0 Å². The van der Waals surface area contributed by atoms with Gasteiger partial charge in [0.15, 0.2) is 0 Å². The van der Waals surface area contributed by atoms with E-state index in [4.69, 9.17) is 9.15 Å². The van der Waals surface area contributed by atoms with Crippen molar-refractivity contribution in [3.8, 4) is 5.88 Å². The number of hydrogen-bond donors (Lipinski definition) is 1. The van der Waals surface area contributed by atoms with E-state index in [1.165, 1.54) is 0 Å². The van der Waals surface area contributed by atoms with Crippen molar-refractivity contribution in [1.29, 1.82) is 0 Å². The molecule has 0 radical (unpaired) electrons. The molecule has 1 N–H and O–H groups in total. The number of nitrogens with zero attached hydrogens (tertiary/aromatic N) is 2. The summed E-state index contributed by atoms with van der Waals surface area (Å²) >= 11 is 0. The molecule has 0 bridgehead atoms. The minimum atomic E-state index is 0.394. The van der Waals surface area contributed by atoms with Crippen molar-refractivity contribution in [2.75, 3.05) is 7.05 Å². The zero-order valence-electron chi connectivity index (χ0n) is 12.5. The van der Waals surface area contributed by atoms with Gasteiger partial charge in [-0.3, -0.25) is 0 Å². The maximum Gasteiger partial charge on any atom is 0.212 e. The number of furan rings is 1. The molecule has 3 aromatic rings. The molecule has 2 heterocycles. The first-order chi connectivity index (χ1) is 10.2. The summed E-state index contributed by atoms with van der Waals surface area (Å²) in [5.41, 5.74) is 2.97. The molecule has 21 heavy (non-hydrogen) atoms. The van der Waals surface area contributed by atoms with E-state index in [2.05, 4.69) is 16.5 Å². The monoisotopic (exact) mass is 285 g/mol. The molecular weight excluding hydrogens is 266 g/mol. The molecule has 0 aliphatic carbocycles. The van der Waals surface area contributed by atoms with E-state index in [0.29, 0.717) is 6.61 Å². The number of para-hydroxylation sites is 1. The molecule has 0 amide bonds. The van der Waals surface area contributed by atoms with Crippen LogP contribution in [0.1, 0.15) is 17.0 Å². The average molecular weight is 285 g/mol. The Labute approximate surface area is 123 Å². The fourth-order valence-corrected chi connectivity index (χ4v) is 2.50.